The largest absolute Gasteiger partial charge is 0.507 e. The van der Waals surface area contributed by atoms with Gasteiger partial charge in [-0.3, -0.25) is 0 Å². The van der Waals surface area contributed by atoms with Crippen LogP contribution in [0.5, 0.6) is 5.75 Å². The van der Waals surface area contributed by atoms with Gasteiger partial charge in [0.15, 0.2) is 0 Å². The lowest BCUT2D eigenvalue weighted by atomic mass is 10.3. The lowest BCUT2D eigenvalue weighted by Crippen LogP contribution is -2.14. The molecule has 0 aromatic carbocycles. The maximum absolute atomic E-state index is 9.26. The van der Waals surface area contributed by atoms with Gasteiger partial charge in [0.2, 0.25) is 0 Å². The lowest BCUT2D eigenvalue weighted by molar-refractivity contribution is 0.408. The van der Waals surface area contributed by atoms with Gasteiger partial charge in [-0.1, -0.05) is 0 Å². The van der Waals surface area contributed by atoms with Crippen molar-refractivity contribution < 1.29 is 5.11 Å². The zero-order chi connectivity index (χ0) is 8.27. The quantitative estimate of drug-likeness (QED) is 0.746. The van der Waals surface area contributed by atoms with Crippen LogP contribution in [0.1, 0.15) is 4.88 Å². The van der Waals surface area contributed by atoms with Crippen LogP contribution in [0.2, 0.25) is 0 Å². The molecular weight excluding hydrogens is 158 g/mol. The van der Waals surface area contributed by atoms with Crippen molar-refractivity contribution in [2.45, 2.75) is 6.42 Å². The van der Waals surface area contributed by atoms with Crippen LogP contribution < -0.4 is 0 Å². The van der Waals surface area contributed by atoms with Crippen LogP contribution in [-0.2, 0) is 6.42 Å². The molecule has 0 saturated heterocycles. The molecule has 1 aromatic rings. The van der Waals surface area contributed by atoms with Gasteiger partial charge >= 0.3 is 0 Å². The highest BCUT2D eigenvalue weighted by Crippen LogP contribution is 2.23. The van der Waals surface area contributed by atoms with Gasteiger partial charge in [0.05, 0.1) is 0 Å². The van der Waals surface area contributed by atoms with E-state index in [0.717, 1.165) is 17.8 Å². The molecule has 0 amide bonds. The molecule has 0 saturated carbocycles. The van der Waals surface area contributed by atoms with E-state index in [2.05, 4.69) is 4.90 Å². The summed E-state index contributed by atoms with van der Waals surface area (Å²) in [7, 11) is 4.06. The summed E-state index contributed by atoms with van der Waals surface area (Å²) in [6, 6.07) is 1.75. The summed E-state index contributed by atoms with van der Waals surface area (Å²) in [5, 5.41) is 11.2. The summed E-state index contributed by atoms with van der Waals surface area (Å²) < 4.78 is 0. The summed E-state index contributed by atoms with van der Waals surface area (Å²) in [4.78, 5) is 3.19. The molecule has 0 aliphatic heterocycles. The summed E-state index contributed by atoms with van der Waals surface area (Å²) in [6.45, 7) is 0.994. The number of hydrogen-bond donors (Lipinski definition) is 1. The SMILES string of the molecule is CN(C)CCc1sccc1O. The van der Waals surface area contributed by atoms with Crippen LogP contribution in [0.4, 0.5) is 0 Å². The molecule has 0 atom stereocenters. The van der Waals surface area contributed by atoms with Crippen molar-refractivity contribution in [2.75, 3.05) is 20.6 Å². The van der Waals surface area contributed by atoms with Crippen LogP contribution in [0.3, 0.4) is 0 Å². The highest BCUT2D eigenvalue weighted by molar-refractivity contribution is 7.10. The zero-order valence-electron chi connectivity index (χ0n) is 6.87. The maximum Gasteiger partial charge on any atom is 0.129 e. The second-order valence-corrected chi connectivity index (χ2v) is 3.78. The second kappa shape index (κ2) is 3.74. The highest BCUT2D eigenvalue weighted by atomic mass is 32.1. The maximum atomic E-state index is 9.26. The van der Waals surface area contributed by atoms with Crippen molar-refractivity contribution in [3.8, 4) is 5.75 Å². The van der Waals surface area contributed by atoms with E-state index in [0.29, 0.717) is 5.75 Å². The van der Waals surface area contributed by atoms with E-state index >= 15 is 0 Å². The van der Waals surface area contributed by atoms with Crippen LogP contribution in [-0.4, -0.2) is 30.6 Å². The fourth-order valence-corrected chi connectivity index (χ4v) is 1.61. The molecule has 3 heteroatoms. The van der Waals surface area contributed by atoms with E-state index in [4.69, 9.17) is 0 Å². The smallest absolute Gasteiger partial charge is 0.129 e. The molecule has 1 N–H and O–H groups in total. The Morgan fingerprint density at radius 2 is 2.27 bits per heavy atom. The Kier molecular flexibility index (Phi) is 2.91. The molecule has 2 nitrogen and oxygen atoms in total. The predicted octanol–water partition coefficient (Wildman–Crippen LogP) is 1.56. The minimum atomic E-state index is 0.442. The van der Waals surface area contributed by atoms with Gasteiger partial charge in [-0.05, 0) is 32.0 Å². The Labute approximate surface area is 71.1 Å². The van der Waals surface area contributed by atoms with Gasteiger partial charge in [0.25, 0.3) is 0 Å². The third-order valence-corrected chi connectivity index (χ3v) is 2.48. The first-order chi connectivity index (χ1) is 5.20. The Morgan fingerprint density at radius 3 is 2.73 bits per heavy atom. The highest BCUT2D eigenvalue weighted by Gasteiger charge is 2.01. The van der Waals surface area contributed by atoms with Crippen LogP contribution in [0, 0.1) is 0 Å². The van der Waals surface area contributed by atoms with Crippen molar-refractivity contribution in [2.24, 2.45) is 0 Å². The Hall–Kier alpha value is -0.540. The zero-order valence-corrected chi connectivity index (χ0v) is 7.69. The van der Waals surface area contributed by atoms with Gasteiger partial charge < -0.3 is 10.0 Å². The fraction of sp³-hybridized carbons (Fsp3) is 0.500. The molecule has 1 heterocycles. The van der Waals surface area contributed by atoms with E-state index in [1.54, 1.807) is 17.4 Å². The molecule has 62 valence electrons. The van der Waals surface area contributed by atoms with Crippen LogP contribution in [0.15, 0.2) is 11.4 Å². The number of rotatable bonds is 3. The third-order valence-electron chi connectivity index (χ3n) is 1.51. The normalized spacial score (nSPS) is 10.8. The first-order valence-corrected chi connectivity index (χ1v) is 4.48. The van der Waals surface area contributed by atoms with Gasteiger partial charge in [-0.15, -0.1) is 11.3 Å². The molecule has 0 unspecified atom stereocenters. The first kappa shape index (κ1) is 8.56. The van der Waals surface area contributed by atoms with E-state index in [1.807, 2.05) is 19.5 Å². The van der Waals surface area contributed by atoms with Crippen molar-refractivity contribution in [1.29, 1.82) is 0 Å². The van der Waals surface area contributed by atoms with E-state index in [1.165, 1.54) is 0 Å². The number of likely N-dealkylation sites (N-methyl/N-ethyl adjacent to an activating group) is 1. The average molecular weight is 171 g/mol. The summed E-state index contributed by atoms with van der Waals surface area (Å²) >= 11 is 1.61. The Balaban J connectivity index is 2.44. The third kappa shape index (κ3) is 2.52. The van der Waals surface area contributed by atoms with Crippen molar-refractivity contribution in [1.82, 2.24) is 4.90 Å². The van der Waals surface area contributed by atoms with Gasteiger partial charge in [0, 0.05) is 11.4 Å². The topological polar surface area (TPSA) is 23.5 Å². The number of nitrogens with zero attached hydrogens (tertiary/aromatic N) is 1. The summed E-state index contributed by atoms with van der Waals surface area (Å²) in [6.07, 6.45) is 0.941. The second-order valence-electron chi connectivity index (χ2n) is 2.78. The molecule has 1 rings (SSSR count). The van der Waals surface area contributed by atoms with E-state index < -0.39 is 0 Å². The summed E-state index contributed by atoms with van der Waals surface area (Å²) in [5.41, 5.74) is 0. The van der Waals surface area contributed by atoms with Crippen molar-refractivity contribution in [3.05, 3.63) is 16.3 Å². The molecule has 0 aliphatic rings. The number of thiophene rings is 1. The standard InChI is InChI=1S/C8H13NOS/c1-9(2)5-3-8-7(10)4-6-11-8/h4,6,10H,3,5H2,1-2H3. The molecule has 11 heavy (non-hydrogen) atoms. The molecule has 1 aromatic heterocycles. The van der Waals surface area contributed by atoms with Gasteiger partial charge in [-0.25, -0.2) is 0 Å². The minimum Gasteiger partial charge on any atom is -0.507 e. The Morgan fingerprint density at radius 1 is 1.55 bits per heavy atom. The molecule has 0 fully saturated rings. The molecule has 0 aliphatic carbocycles. The van der Waals surface area contributed by atoms with Gasteiger partial charge in [0.1, 0.15) is 5.75 Å². The average Bonchev–Trinajstić information content (AvgIpc) is 2.31. The first-order valence-electron chi connectivity index (χ1n) is 3.60. The number of hydrogen-bond acceptors (Lipinski definition) is 3. The Bertz CT molecular complexity index is 220. The fourth-order valence-electron chi connectivity index (χ4n) is 0.846. The van der Waals surface area contributed by atoms with Crippen LogP contribution >= 0.6 is 11.3 Å². The van der Waals surface area contributed by atoms with E-state index in [9.17, 15) is 5.11 Å². The number of aromatic hydroxyl groups is 1. The molecule has 0 bridgehead atoms. The molecule has 0 radical (unpaired) electrons. The lowest BCUT2D eigenvalue weighted by Gasteiger charge is -2.07. The van der Waals surface area contributed by atoms with Crippen molar-refractivity contribution >= 4 is 11.3 Å². The van der Waals surface area contributed by atoms with Crippen molar-refractivity contribution in [3.63, 3.8) is 0 Å². The van der Waals surface area contributed by atoms with E-state index in [-0.39, 0.29) is 0 Å². The predicted molar refractivity (Wildman–Crippen MR) is 48.2 cm³/mol. The van der Waals surface area contributed by atoms with Gasteiger partial charge in [-0.2, -0.15) is 0 Å². The van der Waals surface area contributed by atoms with Crippen LogP contribution in [0.25, 0.3) is 0 Å². The monoisotopic (exact) mass is 171 g/mol. The minimum absolute atomic E-state index is 0.442. The molecule has 0 spiro atoms. The molecular formula is C8H13NOS. The summed E-state index contributed by atoms with van der Waals surface area (Å²) in [5.74, 6) is 0.442.